The van der Waals surface area contributed by atoms with Gasteiger partial charge in [-0.25, -0.2) is 0 Å². The Hall–Kier alpha value is -4.82. The Bertz CT molecular complexity index is 2250. The Morgan fingerprint density at radius 3 is 1.57 bits per heavy atom. The number of rotatable bonds is 10. The van der Waals surface area contributed by atoms with Gasteiger partial charge in [-0.1, -0.05) is 141 Å². The van der Waals surface area contributed by atoms with Crippen molar-refractivity contribution in [3.63, 3.8) is 0 Å². The number of fused-ring (bicyclic) bond motifs is 1. The fraction of sp³-hybridized carbons (Fsp3) is 0.130. The molecule has 0 amide bonds. The summed E-state index contributed by atoms with van der Waals surface area (Å²) in [5.74, 6) is 0. The molecule has 7 aromatic rings. The van der Waals surface area contributed by atoms with Crippen LogP contribution in [-0.4, -0.2) is 16.9 Å². The molecule has 0 atom stereocenters. The van der Waals surface area contributed by atoms with Crippen molar-refractivity contribution >= 4 is 79.6 Å². The summed E-state index contributed by atoms with van der Waals surface area (Å²) < 4.78 is 0. The molecule has 0 aliphatic heterocycles. The van der Waals surface area contributed by atoms with Gasteiger partial charge in [-0.3, -0.25) is 0 Å². The van der Waals surface area contributed by atoms with Crippen molar-refractivity contribution < 1.29 is 0 Å². The van der Waals surface area contributed by atoms with Crippen molar-refractivity contribution in [1.29, 1.82) is 0 Å². The van der Waals surface area contributed by atoms with E-state index in [0.717, 1.165) is 44.6 Å². The molecular weight excluding hydrogens is 669 g/mol. The van der Waals surface area contributed by atoms with Gasteiger partial charge in [-0.05, 0) is 89.3 Å². The van der Waals surface area contributed by atoms with Gasteiger partial charge in [0.15, 0.2) is 0 Å². The summed E-state index contributed by atoms with van der Waals surface area (Å²) in [6.07, 6.45) is 0. The molecule has 5 heteroatoms. The zero-order chi connectivity index (χ0) is 35.5. The van der Waals surface area contributed by atoms with E-state index in [1.165, 1.54) is 33.1 Å². The minimum atomic E-state index is -1.43. The molecule has 0 spiro atoms. The molecule has 51 heavy (non-hydrogen) atoms. The molecule has 7 aromatic carbocycles. The van der Waals surface area contributed by atoms with Crippen LogP contribution in [0.4, 0.5) is 34.1 Å². The Morgan fingerprint density at radius 1 is 0.490 bits per heavy atom. The largest absolute Gasteiger partial charge is 0.310 e. The number of hydrogen-bond donors (Lipinski definition) is 1. The monoisotopic (exact) mass is 714 g/mol. The first-order chi connectivity index (χ1) is 24.7. The number of benzene rings is 7. The zero-order valence-corrected chi connectivity index (χ0v) is 33.3. The lowest BCUT2D eigenvalue weighted by Gasteiger charge is -2.28. The van der Waals surface area contributed by atoms with Crippen LogP contribution in [0.3, 0.4) is 0 Å². The average molecular weight is 715 g/mol. The lowest BCUT2D eigenvalue weighted by molar-refractivity contribution is 1.25. The van der Waals surface area contributed by atoms with Gasteiger partial charge < -0.3 is 9.80 Å². The van der Waals surface area contributed by atoms with Crippen molar-refractivity contribution in [2.75, 3.05) is 9.80 Å². The number of para-hydroxylation sites is 2. The maximum Gasteiger partial charge on any atom is 0.0775 e. The Balaban J connectivity index is 1.31. The van der Waals surface area contributed by atoms with E-state index in [-0.39, 0.29) is 0 Å². The molecule has 0 bridgehead atoms. The highest BCUT2D eigenvalue weighted by molar-refractivity contribution is 7.80. The fourth-order valence-corrected chi connectivity index (χ4v) is 9.70. The van der Waals surface area contributed by atoms with Gasteiger partial charge in [0, 0.05) is 47.5 Å². The normalized spacial score (nSPS) is 11.6. The maximum absolute atomic E-state index is 5.16. The summed E-state index contributed by atoms with van der Waals surface area (Å²) in [5, 5.41) is 3.85. The summed E-state index contributed by atoms with van der Waals surface area (Å²) >= 11 is 5.16. The topological polar surface area (TPSA) is 6.48 Å². The van der Waals surface area contributed by atoms with Crippen LogP contribution in [0.5, 0.6) is 0 Å². The van der Waals surface area contributed by atoms with Gasteiger partial charge in [0.2, 0.25) is 0 Å². The van der Waals surface area contributed by atoms with E-state index in [2.05, 4.69) is 206 Å². The van der Waals surface area contributed by atoms with Crippen molar-refractivity contribution in [1.82, 2.24) is 0 Å². The van der Waals surface area contributed by atoms with Crippen LogP contribution in [0.15, 0.2) is 169 Å². The summed E-state index contributed by atoms with van der Waals surface area (Å²) in [6, 6.07) is 60.8. The lowest BCUT2D eigenvalue weighted by atomic mass is 9.96. The molecule has 0 unspecified atom stereocenters. The van der Waals surface area contributed by atoms with Crippen molar-refractivity contribution in [2.24, 2.45) is 0 Å². The van der Waals surface area contributed by atoms with E-state index >= 15 is 0 Å². The highest BCUT2D eigenvalue weighted by atomic mass is 32.1. The summed E-state index contributed by atoms with van der Waals surface area (Å²) in [7, 11) is -2.12. The second-order valence-corrected chi connectivity index (χ2v) is 23.5. The molecule has 0 aromatic heterocycles. The first-order valence-electron chi connectivity index (χ1n) is 17.9. The summed E-state index contributed by atoms with van der Waals surface area (Å²) in [6.45, 7) is 12.0. The Morgan fingerprint density at radius 2 is 0.980 bits per heavy atom. The molecule has 0 aliphatic rings. The third kappa shape index (κ3) is 7.47. The van der Waals surface area contributed by atoms with Crippen molar-refractivity contribution in [3.8, 4) is 11.1 Å². The van der Waals surface area contributed by atoms with Gasteiger partial charge in [-0.15, -0.1) is 12.6 Å². The lowest BCUT2D eigenvalue weighted by Crippen LogP contribution is -2.37. The van der Waals surface area contributed by atoms with Crippen LogP contribution in [0.1, 0.15) is 5.56 Å². The molecule has 0 aliphatic carbocycles. The van der Waals surface area contributed by atoms with Crippen LogP contribution < -0.4 is 15.0 Å². The van der Waals surface area contributed by atoms with E-state index in [1.54, 1.807) is 0 Å². The van der Waals surface area contributed by atoms with E-state index in [0.29, 0.717) is 0 Å². The number of thiol groups is 1. The molecule has 2 nitrogen and oxygen atoms in total. The fourth-order valence-electron chi connectivity index (χ4n) is 6.99. The highest BCUT2D eigenvalue weighted by Gasteiger charge is 2.21. The summed E-state index contributed by atoms with van der Waals surface area (Å²) in [4.78, 5) is 5.65. The molecule has 0 saturated heterocycles. The Kier molecular flexibility index (Phi) is 10.1. The van der Waals surface area contributed by atoms with Gasteiger partial charge >= 0.3 is 0 Å². The molecule has 0 N–H and O–H groups in total. The molecule has 0 saturated carbocycles. The van der Waals surface area contributed by atoms with Crippen LogP contribution in [-0.2, 0) is 6.04 Å². The van der Waals surface area contributed by atoms with Crippen LogP contribution in [0.2, 0.25) is 32.7 Å². The molecular formula is C46H46N2SSi2. The third-order valence-electron chi connectivity index (χ3n) is 9.53. The minimum Gasteiger partial charge on any atom is -0.310 e. The average Bonchev–Trinajstić information content (AvgIpc) is 3.13. The van der Waals surface area contributed by atoms with Gasteiger partial charge in [-0.2, -0.15) is 0 Å². The summed E-state index contributed by atoms with van der Waals surface area (Å²) in [5.41, 5.74) is 10.5. The molecule has 0 heterocycles. The predicted molar refractivity (Wildman–Crippen MR) is 232 cm³/mol. The molecule has 0 radical (unpaired) electrons. The smallest absolute Gasteiger partial charge is 0.0775 e. The molecule has 0 fully saturated rings. The SMILES string of the molecule is C[SiH](C)Cc1ccc(N(c2ccccc2)c2ccc(-c3ccc(N(c4ccccc4)c4ccc([Si](C)(C)C)cc4)c4ccccc34)c(S)c2)cc1. The second-order valence-electron chi connectivity index (χ2n) is 14.8. The van der Waals surface area contributed by atoms with E-state index in [9.17, 15) is 0 Å². The zero-order valence-electron chi connectivity index (χ0n) is 30.2. The molecule has 254 valence electrons. The maximum atomic E-state index is 5.16. The first kappa shape index (κ1) is 34.6. The standard InChI is InChI=1S/C46H46N2SSi2/c1-50(2)33-34-20-22-37(23-21-34)47(35-14-8-6-9-15-35)39-26-29-44(46(49)32-39)42-30-31-45(43-19-13-12-18-41(42)43)48(36-16-10-7-11-17-36)38-24-27-40(28-25-38)51(3,4)5/h6-32,49-50H,33H2,1-5H3. The van der Waals surface area contributed by atoms with Crippen LogP contribution in [0, 0.1) is 0 Å². The highest BCUT2D eigenvalue weighted by Crippen LogP contribution is 2.44. The Labute approximate surface area is 312 Å². The number of nitrogens with zero attached hydrogens (tertiary/aromatic N) is 2. The quantitative estimate of drug-likeness (QED) is 0.111. The van der Waals surface area contributed by atoms with Crippen molar-refractivity contribution in [3.05, 3.63) is 169 Å². The predicted octanol–water partition coefficient (Wildman–Crippen LogP) is 12.8. The van der Waals surface area contributed by atoms with E-state index in [1.807, 2.05) is 0 Å². The number of anilines is 6. The number of hydrogen-bond acceptors (Lipinski definition) is 3. The van der Waals surface area contributed by atoms with Gasteiger partial charge in [0.1, 0.15) is 0 Å². The van der Waals surface area contributed by atoms with Gasteiger partial charge in [0.05, 0.1) is 13.8 Å². The van der Waals surface area contributed by atoms with Crippen LogP contribution in [0.25, 0.3) is 21.9 Å². The van der Waals surface area contributed by atoms with Crippen LogP contribution >= 0.6 is 12.6 Å². The second kappa shape index (κ2) is 14.8. The first-order valence-corrected chi connectivity index (χ1v) is 25.0. The molecule has 7 rings (SSSR count). The minimum absolute atomic E-state index is 0.692. The van der Waals surface area contributed by atoms with E-state index < -0.39 is 16.9 Å². The van der Waals surface area contributed by atoms with E-state index in [4.69, 9.17) is 12.6 Å². The van der Waals surface area contributed by atoms with Gasteiger partial charge in [0.25, 0.3) is 0 Å². The third-order valence-corrected chi connectivity index (χ3v) is 13.3. The van der Waals surface area contributed by atoms with Crippen molar-refractivity contribution in [2.45, 2.75) is 43.7 Å².